The van der Waals surface area contributed by atoms with Gasteiger partial charge >= 0.3 is 0 Å². The molecule has 0 aliphatic heterocycles. The molecule has 98 valence electrons. The van der Waals surface area contributed by atoms with Crippen molar-refractivity contribution in [2.24, 2.45) is 5.92 Å². The van der Waals surface area contributed by atoms with Crippen molar-refractivity contribution in [3.05, 3.63) is 11.9 Å². The van der Waals surface area contributed by atoms with Crippen molar-refractivity contribution in [3.63, 3.8) is 0 Å². The first-order valence-electron chi connectivity index (χ1n) is 6.80. The number of aryl methyl sites for hydroxylation is 1. The van der Waals surface area contributed by atoms with Crippen molar-refractivity contribution in [1.82, 2.24) is 20.3 Å². The largest absolute Gasteiger partial charge is 0.309 e. The van der Waals surface area contributed by atoms with Crippen LogP contribution in [0.3, 0.4) is 0 Å². The van der Waals surface area contributed by atoms with Crippen LogP contribution >= 0.6 is 0 Å². The Morgan fingerprint density at radius 1 is 1.29 bits per heavy atom. The third-order valence-electron chi connectivity index (χ3n) is 2.92. The van der Waals surface area contributed by atoms with Crippen LogP contribution < -0.4 is 5.32 Å². The van der Waals surface area contributed by atoms with Crippen molar-refractivity contribution in [2.45, 2.75) is 59.5 Å². The topological polar surface area (TPSA) is 42.7 Å². The highest BCUT2D eigenvalue weighted by atomic mass is 15.4. The molecule has 0 spiro atoms. The Balaban J connectivity index is 2.70. The molecule has 17 heavy (non-hydrogen) atoms. The molecule has 1 unspecified atom stereocenters. The second-order valence-corrected chi connectivity index (χ2v) is 4.96. The van der Waals surface area contributed by atoms with Crippen LogP contribution in [0.4, 0.5) is 0 Å². The molecule has 0 saturated carbocycles. The molecule has 0 fully saturated rings. The number of hydrogen-bond donors (Lipinski definition) is 1. The van der Waals surface area contributed by atoms with Gasteiger partial charge < -0.3 is 5.32 Å². The first kappa shape index (κ1) is 14.2. The van der Waals surface area contributed by atoms with E-state index in [4.69, 9.17) is 0 Å². The molecule has 0 bridgehead atoms. The number of hydrogen-bond acceptors (Lipinski definition) is 3. The standard InChI is InChI=1S/C13H26N4/c1-5-9-17-13(10-15-16-17)12(14-6-2)8-7-11(3)4/h10-12,14H,5-9H2,1-4H3. The van der Waals surface area contributed by atoms with Gasteiger partial charge in [0.25, 0.3) is 0 Å². The van der Waals surface area contributed by atoms with Crippen molar-refractivity contribution < 1.29 is 0 Å². The Kier molecular flexibility index (Phi) is 6.19. The lowest BCUT2D eigenvalue weighted by atomic mass is 10.0. The van der Waals surface area contributed by atoms with Crippen molar-refractivity contribution >= 4 is 0 Å². The molecule has 0 aliphatic rings. The van der Waals surface area contributed by atoms with Gasteiger partial charge in [-0.25, -0.2) is 4.68 Å². The molecule has 1 heterocycles. The van der Waals surface area contributed by atoms with Gasteiger partial charge in [-0.2, -0.15) is 0 Å². The number of aromatic nitrogens is 3. The fourth-order valence-corrected chi connectivity index (χ4v) is 2.02. The van der Waals surface area contributed by atoms with Gasteiger partial charge in [0.15, 0.2) is 0 Å². The van der Waals surface area contributed by atoms with Crippen molar-refractivity contribution in [2.75, 3.05) is 6.54 Å². The van der Waals surface area contributed by atoms with E-state index < -0.39 is 0 Å². The van der Waals surface area contributed by atoms with Crippen LogP contribution in [0.5, 0.6) is 0 Å². The SMILES string of the molecule is CCCn1nncc1C(CCC(C)C)NCC. The summed E-state index contributed by atoms with van der Waals surface area (Å²) in [6.07, 6.45) is 5.39. The van der Waals surface area contributed by atoms with Crippen LogP contribution in [0, 0.1) is 5.92 Å². The van der Waals surface area contributed by atoms with E-state index >= 15 is 0 Å². The predicted octanol–water partition coefficient (Wildman–Crippen LogP) is 2.77. The first-order valence-corrected chi connectivity index (χ1v) is 6.80. The van der Waals surface area contributed by atoms with Gasteiger partial charge in [-0.1, -0.05) is 32.9 Å². The molecule has 4 nitrogen and oxygen atoms in total. The Labute approximate surface area is 105 Å². The molecule has 0 saturated heterocycles. The summed E-state index contributed by atoms with van der Waals surface area (Å²) < 4.78 is 2.04. The minimum absolute atomic E-state index is 0.393. The second-order valence-electron chi connectivity index (χ2n) is 4.96. The van der Waals surface area contributed by atoms with E-state index in [2.05, 4.69) is 43.3 Å². The summed E-state index contributed by atoms with van der Waals surface area (Å²) in [7, 11) is 0. The zero-order valence-corrected chi connectivity index (χ0v) is 11.6. The van der Waals surface area contributed by atoms with E-state index in [0.29, 0.717) is 6.04 Å². The Hall–Kier alpha value is -0.900. The van der Waals surface area contributed by atoms with Crippen LogP contribution in [0.2, 0.25) is 0 Å². The molecule has 0 aliphatic carbocycles. The molecule has 1 rings (SSSR count). The van der Waals surface area contributed by atoms with E-state index in [1.807, 2.05) is 10.9 Å². The number of nitrogens with zero attached hydrogens (tertiary/aromatic N) is 3. The quantitative estimate of drug-likeness (QED) is 0.757. The summed E-state index contributed by atoms with van der Waals surface area (Å²) in [6, 6.07) is 0.393. The maximum Gasteiger partial charge on any atom is 0.0756 e. The zero-order chi connectivity index (χ0) is 12.7. The third-order valence-corrected chi connectivity index (χ3v) is 2.92. The predicted molar refractivity (Wildman–Crippen MR) is 70.8 cm³/mol. The fourth-order valence-electron chi connectivity index (χ4n) is 2.02. The van der Waals surface area contributed by atoms with Gasteiger partial charge in [0, 0.05) is 6.54 Å². The fraction of sp³-hybridized carbons (Fsp3) is 0.846. The highest BCUT2D eigenvalue weighted by Gasteiger charge is 2.16. The average molecular weight is 238 g/mol. The lowest BCUT2D eigenvalue weighted by Gasteiger charge is -2.19. The Bertz CT molecular complexity index is 306. The maximum absolute atomic E-state index is 4.16. The summed E-state index contributed by atoms with van der Waals surface area (Å²) in [5, 5.41) is 11.7. The Morgan fingerprint density at radius 3 is 2.65 bits per heavy atom. The van der Waals surface area contributed by atoms with Gasteiger partial charge in [-0.15, -0.1) is 5.10 Å². The number of rotatable bonds is 8. The molecule has 1 atom stereocenters. The maximum atomic E-state index is 4.16. The van der Waals surface area contributed by atoms with Gasteiger partial charge in [-0.3, -0.25) is 0 Å². The molecule has 0 aromatic carbocycles. The van der Waals surface area contributed by atoms with E-state index in [1.54, 1.807) is 0 Å². The van der Waals surface area contributed by atoms with Crippen LogP contribution in [-0.2, 0) is 6.54 Å². The van der Waals surface area contributed by atoms with Gasteiger partial charge in [0.1, 0.15) is 0 Å². The molecule has 0 amide bonds. The highest BCUT2D eigenvalue weighted by molar-refractivity contribution is 5.02. The van der Waals surface area contributed by atoms with E-state index in [1.165, 1.54) is 12.1 Å². The summed E-state index contributed by atoms with van der Waals surface area (Å²) in [4.78, 5) is 0. The summed E-state index contributed by atoms with van der Waals surface area (Å²) >= 11 is 0. The van der Waals surface area contributed by atoms with Gasteiger partial charge in [0.05, 0.1) is 17.9 Å². The van der Waals surface area contributed by atoms with E-state index in [9.17, 15) is 0 Å². The van der Waals surface area contributed by atoms with Gasteiger partial charge in [-0.05, 0) is 31.7 Å². The lowest BCUT2D eigenvalue weighted by Crippen LogP contribution is -2.24. The normalized spacial score (nSPS) is 13.2. The van der Waals surface area contributed by atoms with Crippen LogP contribution in [0.15, 0.2) is 6.20 Å². The second kappa shape index (κ2) is 7.43. The molecule has 0 radical (unpaired) electrons. The smallest absolute Gasteiger partial charge is 0.0756 e. The molecular weight excluding hydrogens is 212 g/mol. The van der Waals surface area contributed by atoms with Crippen molar-refractivity contribution in [1.29, 1.82) is 0 Å². The third kappa shape index (κ3) is 4.46. The van der Waals surface area contributed by atoms with Crippen LogP contribution in [-0.4, -0.2) is 21.5 Å². The minimum atomic E-state index is 0.393. The number of nitrogens with one attached hydrogen (secondary N) is 1. The Morgan fingerprint density at radius 2 is 2.06 bits per heavy atom. The minimum Gasteiger partial charge on any atom is -0.309 e. The van der Waals surface area contributed by atoms with Gasteiger partial charge in [0.2, 0.25) is 0 Å². The van der Waals surface area contributed by atoms with Crippen molar-refractivity contribution in [3.8, 4) is 0 Å². The lowest BCUT2D eigenvalue weighted by molar-refractivity contribution is 0.416. The van der Waals surface area contributed by atoms with E-state index in [0.717, 1.165) is 31.8 Å². The molecule has 1 aromatic heterocycles. The summed E-state index contributed by atoms with van der Waals surface area (Å²) in [5.74, 6) is 0.742. The summed E-state index contributed by atoms with van der Waals surface area (Å²) in [6.45, 7) is 10.8. The summed E-state index contributed by atoms with van der Waals surface area (Å²) in [5.41, 5.74) is 1.23. The molecule has 1 aromatic rings. The highest BCUT2D eigenvalue weighted by Crippen LogP contribution is 2.20. The average Bonchev–Trinajstić information content (AvgIpc) is 2.73. The molecular formula is C13H26N4. The molecule has 4 heteroatoms. The van der Waals surface area contributed by atoms with E-state index in [-0.39, 0.29) is 0 Å². The molecule has 1 N–H and O–H groups in total. The monoisotopic (exact) mass is 238 g/mol. The zero-order valence-electron chi connectivity index (χ0n) is 11.6. The van der Waals surface area contributed by atoms with Crippen LogP contribution in [0.25, 0.3) is 0 Å². The first-order chi connectivity index (χ1) is 8.19. The van der Waals surface area contributed by atoms with Crippen LogP contribution in [0.1, 0.15) is 58.7 Å².